The van der Waals surface area contributed by atoms with Crippen molar-refractivity contribution in [3.05, 3.63) is 89.3 Å². The molecule has 1 heterocycles. The highest BCUT2D eigenvalue weighted by molar-refractivity contribution is 8.26. The van der Waals surface area contributed by atoms with E-state index >= 15 is 0 Å². The van der Waals surface area contributed by atoms with E-state index in [0.717, 1.165) is 17.1 Å². The van der Waals surface area contributed by atoms with E-state index in [1.54, 1.807) is 30.3 Å². The second kappa shape index (κ2) is 11.7. The third-order valence-corrected chi connectivity index (χ3v) is 6.40. The molecule has 1 fully saturated rings. The molecule has 0 aromatic heterocycles. The number of amides is 2. The molecule has 0 spiro atoms. The molecule has 6 nitrogen and oxygen atoms in total. The number of hydrogen-bond acceptors (Lipinski definition) is 6. The van der Waals surface area contributed by atoms with Gasteiger partial charge in [-0.25, -0.2) is 0 Å². The van der Waals surface area contributed by atoms with Crippen molar-refractivity contribution in [1.82, 2.24) is 4.90 Å². The second-order valence-corrected chi connectivity index (χ2v) is 9.25. The number of carbonyl (C=O) groups excluding carboxylic acids is 2. The van der Waals surface area contributed by atoms with Crippen molar-refractivity contribution >= 4 is 51.9 Å². The van der Waals surface area contributed by atoms with E-state index in [0.29, 0.717) is 27.3 Å². The summed E-state index contributed by atoms with van der Waals surface area (Å²) in [6.45, 7) is 2.70. The highest BCUT2D eigenvalue weighted by Gasteiger charge is 2.32. The fraction of sp³-hybridized carbons (Fsp3) is 0.148. The number of anilines is 1. The lowest BCUT2D eigenvalue weighted by Crippen LogP contribution is -2.31. The van der Waals surface area contributed by atoms with Crippen LogP contribution in [0.4, 0.5) is 5.69 Å². The first kappa shape index (κ1) is 24.5. The van der Waals surface area contributed by atoms with Crippen molar-refractivity contribution < 1.29 is 19.1 Å². The molecular weight excluding hydrogens is 480 g/mol. The Kier molecular flexibility index (Phi) is 8.18. The van der Waals surface area contributed by atoms with Crippen LogP contribution >= 0.6 is 24.0 Å². The Bertz CT molecular complexity index is 1240. The Labute approximate surface area is 213 Å². The van der Waals surface area contributed by atoms with E-state index in [4.69, 9.17) is 21.7 Å². The second-order valence-electron chi connectivity index (χ2n) is 7.58. The van der Waals surface area contributed by atoms with Crippen molar-refractivity contribution in [2.45, 2.75) is 13.3 Å². The van der Waals surface area contributed by atoms with Crippen LogP contribution < -0.4 is 14.8 Å². The summed E-state index contributed by atoms with van der Waals surface area (Å²) in [5.74, 6) is 1.75. The molecule has 1 aliphatic heterocycles. The van der Waals surface area contributed by atoms with Crippen molar-refractivity contribution in [1.29, 1.82) is 0 Å². The lowest BCUT2D eigenvalue weighted by Gasteiger charge is -2.14. The summed E-state index contributed by atoms with van der Waals surface area (Å²) in [6.07, 6.45) is 1.92. The first-order chi connectivity index (χ1) is 17.0. The van der Waals surface area contributed by atoms with Crippen LogP contribution in [0.15, 0.2) is 83.8 Å². The number of thiocarbonyl (C=S) groups is 1. The number of thioether (sulfide) groups is 1. The summed E-state index contributed by atoms with van der Waals surface area (Å²) >= 11 is 6.63. The zero-order chi connectivity index (χ0) is 24.6. The number of rotatable bonds is 9. The van der Waals surface area contributed by atoms with Crippen molar-refractivity contribution in [3.63, 3.8) is 0 Å². The fourth-order valence-electron chi connectivity index (χ4n) is 3.37. The lowest BCUT2D eigenvalue weighted by atomic mass is 10.2. The van der Waals surface area contributed by atoms with Gasteiger partial charge in [-0.05, 0) is 67.1 Å². The minimum atomic E-state index is -0.205. The van der Waals surface area contributed by atoms with E-state index < -0.39 is 0 Å². The van der Waals surface area contributed by atoms with Gasteiger partial charge >= 0.3 is 0 Å². The van der Waals surface area contributed by atoms with Gasteiger partial charge < -0.3 is 14.8 Å². The van der Waals surface area contributed by atoms with Gasteiger partial charge in [-0.3, -0.25) is 14.5 Å². The molecule has 1 aliphatic rings. The van der Waals surface area contributed by atoms with E-state index in [1.165, 1.54) is 16.7 Å². The van der Waals surface area contributed by atoms with Crippen LogP contribution in [0.25, 0.3) is 6.08 Å². The van der Waals surface area contributed by atoms with Crippen LogP contribution in [0.3, 0.4) is 0 Å². The van der Waals surface area contributed by atoms with Gasteiger partial charge in [0.05, 0.1) is 11.5 Å². The number of nitrogens with zero attached hydrogens (tertiary/aromatic N) is 1. The number of para-hydroxylation sites is 1. The standard InChI is InChI=1S/C27H24N2O4S2/c1-2-32-21-13-11-20(12-14-21)28-25(30)15-16-29-26(31)24(35-27(29)34)18-19-7-6-10-23(17-19)33-22-8-4-3-5-9-22/h3-14,17-18H,2,15-16H2,1H3,(H,28,30)/b24-18-. The molecule has 4 rings (SSSR count). The van der Waals surface area contributed by atoms with Crippen LogP contribution in [0.1, 0.15) is 18.9 Å². The van der Waals surface area contributed by atoms with Crippen molar-refractivity contribution in [2.75, 3.05) is 18.5 Å². The predicted octanol–water partition coefficient (Wildman–Crippen LogP) is 6.11. The molecule has 178 valence electrons. The summed E-state index contributed by atoms with van der Waals surface area (Å²) in [5.41, 5.74) is 1.49. The van der Waals surface area contributed by atoms with E-state index in [2.05, 4.69) is 5.32 Å². The van der Waals surface area contributed by atoms with Gasteiger partial charge in [0.2, 0.25) is 5.91 Å². The van der Waals surface area contributed by atoms with Gasteiger partial charge in [0.15, 0.2) is 0 Å². The van der Waals surface area contributed by atoms with E-state index in [-0.39, 0.29) is 24.8 Å². The van der Waals surface area contributed by atoms with E-state index in [1.807, 2.05) is 61.5 Å². The molecule has 0 aliphatic carbocycles. The summed E-state index contributed by atoms with van der Waals surface area (Å²) in [7, 11) is 0. The third-order valence-electron chi connectivity index (χ3n) is 5.02. The van der Waals surface area contributed by atoms with Gasteiger partial charge in [-0.2, -0.15) is 0 Å². The summed E-state index contributed by atoms with van der Waals surface area (Å²) < 4.78 is 11.7. The molecule has 8 heteroatoms. The molecule has 0 bridgehead atoms. The van der Waals surface area contributed by atoms with Crippen LogP contribution in [-0.2, 0) is 9.59 Å². The van der Waals surface area contributed by atoms with E-state index in [9.17, 15) is 9.59 Å². The Morgan fingerprint density at radius 2 is 1.74 bits per heavy atom. The largest absolute Gasteiger partial charge is 0.494 e. The maximum atomic E-state index is 12.9. The van der Waals surface area contributed by atoms with Crippen molar-refractivity contribution in [2.24, 2.45) is 0 Å². The summed E-state index contributed by atoms with van der Waals surface area (Å²) in [5, 5.41) is 2.83. The van der Waals surface area contributed by atoms with Crippen LogP contribution in [0.5, 0.6) is 17.2 Å². The molecule has 3 aromatic rings. The minimum absolute atomic E-state index is 0.132. The minimum Gasteiger partial charge on any atom is -0.494 e. The Hall–Kier alpha value is -3.62. The molecule has 0 radical (unpaired) electrons. The molecule has 3 aromatic carbocycles. The molecule has 0 atom stereocenters. The summed E-state index contributed by atoms with van der Waals surface area (Å²) in [4.78, 5) is 27.3. The third kappa shape index (κ3) is 6.71. The number of nitrogens with one attached hydrogen (secondary N) is 1. The molecule has 0 saturated carbocycles. The average molecular weight is 505 g/mol. The fourth-order valence-corrected chi connectivity index (χ4v) is 4.68. The smallest absolute Gasteiger partial charge is 0.266 e. The number of carbonyl (C=O) groups is 2. The number of hydrogen-bond donors (Lipinski definition) is 1. The molecule has 1 saturated heterocycles. The Morgan fingerprint density at radius 3 is 2.49 bits per heavy atom. The highest BCUT2D eigenvalue weighted by Crippen LogP contribution is 2.33. The van der Waals surface area contributed by atoms with Crippen molar-refractivity contribution in [3.8, 4) is 17.2 Å². The first-order valence-corrected chi connectivity index (χ1v) is 12.4. The Balaban J connectivity index is 1.34. The topological polar surface area (TPSA) is 67.9 Å². The number of benzene rings is 3. The lowest BCUT2D eigenvalue weighted by molar-refractivity contribution is -0.122. The zero-order valence-electron chi connectivity index (χ0n) is 19.1. The maximum Gasteiger partial charge on any atom is 0.266 e. The average Bonchev–Trinajstić information content (AvgIpc) is 3.12. The monoisotopic (exact) mass is 504 g/mol. The van der Waals surface area contributed by atoms with Crippen LogP contribution in [0, 0.1) is 0 Å². The van der Waals surface area contributed by atoms with Crippen LogP contribution in [0.2, 0.25) is 0 Å². The molecule has 35 heavy (non-hydrogen) atoms. The molecular formula is C27H24N2O4S2. The number of ether oxygens (including phenoxy) is 2. The van der Waals surface area contributed by atoms with Gasteiger partial charge in [-0.1, -0.05) is 54.3 Å². The molecule has 1 N–H and O–H groups in total. The molecule has 0 unspecified atom stereocenters. The van der Waals surface area contributed by atoms with Gasteiger partial charge in [0, 0.05) is 18.7 Å². The molecule has 2 amide bonds. The Morgan fingerprint density at radius 1 is 1.00 bits per heavy atom. The maximum absolute atomic E-state index is 12.9. The quantitative estimate of drug-likeness (QED) is 0.280. The van der Waals surface area contributed by atoms with Crippen LogP contribution in [-0.4, -0.2) is 34.2 Å². The van der Waals surface area contributed by atoms with Gasteiger partial charge in [-0.15, -0.1) is 0 Å². The zero-order valence-corrected chi connectivity index (χ0v) is 20.7. The summed E-state index contributed by atoms with van der Waals surface area (Å²) in [6, 6.07) is 24.1. The normalized spacial score (nSPS) is 14.3. The van der Waals surface area contributed by atoms with Gasteiger partial charge in [0.25, 0.3) is 5.91 Å². The van der Waals surface area contributed by atoms with Gasteiger partial charge in [0.1, 0.15) is 21.6 Å². The predicted molar refractivity (Wildman–Crippen MR) is 144 cm³/mol. The SMILES string of the molecule is CCOc1ccc(NC(=O)CCN2C(=O)/C(=C/c3cccc(Oc4ccccc4)c3)SC2=S)cc1. The first-order valence-electron chi connectivity index (χ1n) is 11.1. The highest BCUT2D eigenvalue weighted by atomic mass is 32.2.